The molecule has 0 unspecified atom stereocenters. The van der Waals surface area contributed by atoms with E-state index in [0.717, 1.165) is 16.9 Å². The first kappa shape index (κ1) is 9.71. The van der Waals surface area contributed by atoms with Crippen LogP contribution in [0.4, 0.5) is 0 Å². The Labute approximate surface area is 87.7 Å². The first-order valence-corrected chi connectivity index (χ1v) is 4.88. The number of carbonyl (C=O) groups excluding carboxylic acids is 1. The van der Waals surface area contributed by atoms with Crippen LogP contribution < -0.4 is 5.32 Å². The van der Waals surface area contributed by atoms with Crippen molar-refractivity contribution >= 4 is 16.9 Å². The minimum Gasteiger partial charge on any atom is -0.347 e. The molecule has 0 saturated heterocycles. The summed E-state index contributed by atoms with van der Waals surface area (Å²) in [6, 6.07) is 7.71. The lowest BCUT2D eigenvalue weighted by Gasteiger charge is -2.08. The van der Waals surface area contributed by atoms with Gasteiger partial charge in [0.25, 0.3) is 0 Å². The summed E-state index contributed by atoms with van der Waals surface area (Å²) < 4.78 is 0. The maximum absolute atomic E-state index is 10.9. The van der Waals surface area contributed by atoms with Crippen LogP contribution in [0.25, 0.3) is 11.0 Å². The van der Waals surface area contributed by atoms with Gasteiger partial charge in [-0.05, 0) is 19.1 Å². The zero-order valence-electron chi connectivity index (χ0n) is 8.74. The number of aromatic amines is 1. The molecule has 0 aliphatic heterocycles. The summed E-state index contributed by atoms with van der Waals surface area (Å²) in [7, 11) is 0. The van der Waals surface area contributed by atoms with E-state index in [2.05, 4.69) is 15.3 Å². The van der Waals surface area contributed by atoms with Crippen molar-refractivity contribution in [3.8, 4) is 0 Å². The normalized spacial score (nSPS) is 12.7. The number of nitrogens with one attached hydrogen (secondary N) is 2. The van der Waals surface area contributed by atoms with Crippen molar-refractivity contribution in [2.45, 2.75) is 19.9 Å². The Morgan fingerprint density at radius 3 is 2.87 bits per heavy atom. The van der Waals surface area contributed by atoms with Crippen molar-refractivity contribution in [2.24, 2.45) is 0 Å². The molecule has 1 atom stereocenters. The Morgan fingerprint density at radius 1 is 1.47 bits per heavy atom. The molecule has 0 aliphatic rings. The molecule has 2 rings (SSSR count). The molecule has 78 valence electrons. The molecular formula is C11H13N3O. The van der Waals surface area contributed by atoms with Gasteiger partial charge in [-0.25, -0.2) is 4.98 Å². The van der Waals surface area contributed by atoms with E-state index in [1.807, 2.05) is 31.2 Å². The molecule has 0 saturated carbocycles. The molecule has 1 amide bonds. The molecule has 2 aromatic rings. The smallest absolute Gasteiger partial charge is 0.217 e. The highest BCUT2D eigenvalue weighted by molar-refractivity contribution is 5.76. The number of rotatable bonds is 2. The van der Waals surface area contributed by atoms with Crippen molar-refractivity contribution in [2.75, 3.05) is 0 Å². The molecule has 1 heterocycles. The van der Waals surface area contributed by atoms with Gasteiger partial charge in [-0.1, -0.05) is 12.1 Å². The second-order valence-electron chi connectivity index (χ2n) is 3.56. The van der Waals surface area contributed by atoms with Crippen LogP contribution >= 0.6 is 0 Å². The molecular weight excluding hydrogens is 190 g/mol. The van der Waals surface area contributed by atoms with Crippen LogP contribution in [-0.4, -0.2) is 15.9 Å². The van der Waals surface area contributed by atoms with Gasteiger partial charge in [0.2, 0.25) is 5.91 Å². The van der Waals surface area contributed by atoms with E-state index in [1.54, 1.807) is 0 Å². The van der Waals surface area contributed by atoms with Crippen molar-refractivity contribution in [1.82, 2.24) is 15.3 Å². The molecule has 15 heavy (non-hydrogen) atoms. The van der Waals surface area contributed by atoms with E-state index in [1.165, 1.54) is 6.92 Å². The first-order chi connectivity index (χ1) is 7.16. The van der Waals surface area contributed by atoms with Crippen LogP contribution in [-0.2, 0) is 4.79 Å². The number of carbonyl (C=O) groups is 1. The summed E-state index contributed by atoms with van der Waals surface area (Å²) in [5.74, 6) is 0.731. The second-order valence-corrected chi connectivity index (χ2v) is 3.56. The van der Waals surface area contributed by atoms with E-state index in [4.69, 9.17) is 0 Å². The summed E-state index contributed by atoms with van der Waals surface area (Å²) in [6.07, 6.45) is 0. The highest BCUT2D eigenvalue weighted by atomic mass is 16.1. The average Bonchev–Trinajstić information content (AvgIpc) is 2.59. The van der Waals surface area contributed by atoms with Gasteiger partial charge >= 0.3 is 0 Å². The molecule has 0 spiro atoms. The molecule has 0 bridgehead atoms. The number of imidazole rings is 1. The van der Waals surface area contributed by atoms with Crippen molar-refractivity contribution in [3.05, 3.63) is 30.1 Å². The number of amides is 1. The third-order valence-electron chi connectivity index (χ3n) is 2.24. The molecule has 0 aliphatic carbocycles. The molecule has 4 heteroatoms. The Kier molecular flexibility index (Phi) is 2.41. The third-order valence-corrected chi connectivity index (χ3v) is 2.24. The predicted octanol–water partition coefficient (Wildman–Crippen LogP) is 1.76. The van der Waals surface area contributed by atoms with Gasteiger partial charge in [0.15, 0.2) is 0 Å². The number of H-pyrrole nitrogens is 1. The zero-order valence-corrected chi connectivity index (χ0v) is 8.74. The average molecular weight is 203 g/mol. The Morgan fingerprint density at radius 2 is 2.20 bits per heavy atom. The van der Waals surface area contributed by atoms with Gasteiger partial charge in [0, 0.05) is 6.92 Å². The highest BCUT2D eigenvalue weighted by Gasteiger charge is 2.10. The fourth-order valence-corrected chi connectivity index (χ4v) is 1.55. The van der Waals surface area contributed by atoms with Gasteiger partial charge in [-0.3, -0.25) is 4.79 Å². The molecule has 1 aromatic heterocycles. The van der Waals surface area contributed by atoms with E-state index in [-0.39, 0.29) is 11.9 Å². The van der Waals surface area contributed by atoms with Gasteiger partial charge in [0.05, 0.1) is 17.1 Å². The Balaban J connectivity index is 2.32. The van der Waals surface area contributed by atoms with E-state index in [0.29, 0.717) is 0 Å². The van der Waals surface area contributed by atoms with Crippen LogP contribution in [0.5, 0.6) is 0 Å². The summed E-state index contributed by atoms with van der Waals surface area (Å²) in [5.41, 5.74) is 1.91. The fourth-order valence-electron chi connectivity index (χ4n) is 1.55. The number of hydrogen-bond donors (Lipinski definition) is 2. The molecule has 1 aromatic carbocycles. The Bertz CT molecular complexity index is 456. The van der Waals surface area contributed by atoms with Crippen molar-refractivity contribution in [3.63, 3.8) is 0 Å². The standard InChI is InChI=1S/C11H13N3O/c1-7(12-8(2)15)11-13-9-5-3-4-6-10(9)14-11/h3-7H,1-2H3,(H,12,15)(H,13,14)/t7-/m1/s1. The molecule has 0 radical (unpaired) electrons. The minimum absolute atomic E-state index is 0.0528. The van der Waals surface area contributed by atoms with Crippen LogP contribution in [0.2, 0.25) is 0 Å². The van der Waals surface area contributed by atoms with Crippen LogP contribution in [0, 0.1) is 0 Å². The van der Waals surface area contributed by atoms with Crippen molar-refractivity contribution in [1.29, 1.82) is 0 Å². The first-order valence-electron chi connectivity index (χ1n) is 4.88. The van der Waals surface area contributed by atoms with Crippen LogP contribution in [0.15, 0.2) is 24.3 Å². The summed E-state index contributed by atoms with van der Waals surface area (Å²) in [5, 5.41) is 2.79. The maximum atomic E-state index is 10.9. The fraction of sp³-hybridized carbons (Fsp3) is 0.273. The van der Waals surface area contributed by atoms with Gasteiger partial charge in [-0.2, -0.15) is 0 Å². The SMILES string of the molecule is CC(=O)N[C@H](C)c1nc2ccccc2[nH]1. The van der Waals surface area contributed by atoms with Gasteiger partial charge < -0.3 is 10.3 Å². The lowest BCUT2D eigenvalue weighted by atomic mass is 10.3. The lowest BCUT2D eigenvalue weighted by Crippen LogP contribution is -2.24. The number of nitrogens with zero attached hydrogens (tertiary/aromatic N) is 1. The number of hydrogen-bond acceptors (Lipinski definition) is 2. The quantitative estimate of drug-likeness (QED) is 0.781. The number of aromatic nitrogens is 2. The minimum atomic E-state index is -0.0881. The Hall–Kier alpha value is -1.84. The van der Waals surface area contributed by atoms with Crippen LogP contribution in [0.1, 0.15) is 25.7 Å². The highest BCUT2D eigenvalue weighted by Crippen LogP contribution is 2.15. The second kappa shape index (κ2) is 3.73. The number of para-hydroxylation sites is 2. The maximum Gasteiger partial charge on any atom is 0.217 e. The molecule has 0 fully saturated rings. The summed E-state index contributed by atoms with van der Waals surface area (Å²) >= 11 is 0. The summed E-state index contributed by atoms with van der Waals surface area (Å²) in [4.78, 5) is 18.5. The molecule has 2 N–H and O–H groups in total. The third kappa shape index (κ3) is 1.98. The molecule has 4 nitrogen and oxygen atoms in total. The lowest BCUT2D eigenvalue weighted by molar-refractivity contribution is -0.119. The van der Waals surface area contributed by atoms with Gasteiger partial charge in [0.1, 0.15) is 5.82 Å². The van der Waals surface area contributed by atoms with Gasteiger partial charge in [-0.15, -0.1) is 0 Å². The van der Waals surface area contributed by atoms with E-state index < -0.39 is 0 Å². The topological polar surface area (TPSA) is 57.8 Å². The summed E-state index contributed by atoms with van der Waals surface area (Å²) in [6.45, 7) is 3.40. The number of fused-ring (bicyclic) bond motifs is 1. The van der Waals surface area contributed by atoms with Crippen molar-refractivity contribution < 1.29 is 4.79 Å². The number of benzene rings is 1. The van der Waals surface area contributed by atoms with E-state index in [9.17, 15) is 4.79 Å². The predicted molar refractivity (Wildman–Crippen MR) is 58.3 cm³/mol. The largest absolute Gasteiger partial charge is 0.347 e. The zero-order chi connectivity index (χ0) is 10.8. The van der Waals surface area contributed by atoms with Crippen LogP contribution in [0.3, 0.4) is 0 Å². The monoisotopic (exact) mass is 203 g/mol. The van der Waals surface area contributed by atoms with E-state index >= 15 is 0 Å².